The van der Waals surface area contributed by atoms with Crippen LogP contribution in [-0.2, 0) is 6.54 Å². The lowest BCUT2D eigenvalue weighted by atomic mass is 10.1. The topological polar surface area (TPSA) is 34.4 Å². The fraction of sp³-hybridized carbons (Fsp3) is 0.250. The summed E-state index contributed by atoms with van der Waals surface area (Å²) in [5.74, 6) is 0. The molecular formula is C12H12N2OS2. The minimum absolute atomic E-state index is 0.447. The molecule has 0 radical (unpaired) electrons. The quantitative estimate of drug-likeness (QED) is 0.589. The van der Waals surface area contributed by atoms with E-state index in [1.807, 2.05) is 17.5 Å². The zero-order valence-corrected chi connectivity index (χ0v) is 11.1. The Balaban J connectivity index is 2.52. The largest absolute Gasteiger partial charge is 0.323 e. The molecule has 88 valence electrons. The van der Waals surface area contributed by atoms with Gasteiger partial charge in [0.05, 0.1) is 5.69 Å². The molecule has 1 heterocycles. The zero-order valence-electron chi connectivity index (χ0n) is 9.42. The molecule has 0 saturated heterocycles. The number of rotatable bonds is 4. The van der Waals surface area contributed by atoms with Crippen molar-refractivity contribution in [3.05, 3.63) is 38.5 Å². The van der Waals surface area contributed by atoms with Crippen LogP contribution in [0.1, 0.15) is 13.3 Å². The Kier molecular flexibility index (Phi) is 3.81. The van der Waals surface area contributed by atoms with Crippen LogP contribution < -0.4 is 0 Å². The molecule has 0 amide bonds. The van der Waals surface area contributed by atoms with Gasteiger partial charge in [0.25, 0.3) is 0 Å². The molecule has 0 bridgehead atoms. The minimum Gasteiger partial charge on any atom is -0.323 e. The van der Waals surface area contributed by atoms with Crippen LogP contribution in [0.2, 0.25) is 0 Å². The SMILES string of the molecule is CCCn1c(-c2cccc(N=O)c2)csc1=S. The van der Waals surface area contributed by atoms with Gasteiger partial charge in [0.1, 0.15) is 5.69 Å². The Hall–Kier alpha value is -1.33. The minimum atomic E-state index is 0.447. The van der Waals surface area contributed by atoms with Gasteiger partial charge >= 0.3 is 0 Å². The molecule has 0 aliphatic heterocycles. The van der Waals surface area contributed by atoms with Gasteiger partial charge in [-0.2, -0.15) is 0 Å². The van der Waals surface area contributed by atoms with Crippen LogP contribution in [0.5, 0.6) is 0 Å². The number of thiazole rings is 1. The third kappa shape index (κ3) is 2.50. The standard InChI is InChI=1S/C12H12N2OS2/c1-2-6-14-11(8-17-12(14)16)9-4-3-5-10(7-9)13-15/h3-5,7-8H,2,6H2,1H3. The third-order valence-electron chi connectivity index (χ3n) is 2.48. The van der Waals surface area contributed by atoms with E-state index < -0.39 is 0 Å². The van der Waals surface area contributed by atoms with Crippen LogP contribution in [0, 0.1) is 8.86 Å². The summed E-state index contributed by atoms with van der Waals surface area (Å²) in [6.07, 6.45) is 1.03. The van der Waals surface area contributed by atoms with Gasteiger partial charge < -0.3 is 4.57 Å². The first kappa shape index (κ1) is 12.1. The molecule has 2 aromatic rings. The average molecular weight is 264 g/mol. The molecule has 1 aromatic heterocycles. The number of hydrogen-bond donors (Lipinski definition) is 0. The van der Waals surface area contributed by atoms with Gasteiger partial charge in [-0.05, 0) is 35.9 Å². The highest BCUT2D eigenvalue weighted by Gasteiger charge is 2.07. The average Bonchev–Trinajstić information content (AvgIpc) is 2.72. The summed E-state index contributed by atoms with van der Waals surface area (Å²) < 4.78 is 2.97. The van der Waals surface area contributed by atoms with Crippen molar-refractivity contribution in [2.75, 3.05) is 0 Å². The summed E-state index contributed by atoms with van der Waals surface area (Å²) >= 11 is 6.84. The fourth-order valence-electron chi connectivity index (χ4n) is 1.71. The lowest BCUT2D eigenvalue weighted by Gasteiger charge is -2.07. The van der Waals surface area contributed by atoms with Crippen molar-refractivity contribution in [1.82, 2.24) is 4.57 Å². The second-order valence-electron chi connectivity index (χ2n) is 3.68. The lowest BCUT2D eigenvalue weighted by molar-refractivity contribution is 0.686. The van der Waals surface area contributed by atoms with Crippen LogP contribution in [-0.4, -0.2) is 4.57 Å². The highest BCUT2D eigenvalue weighted by molar-refractivity contribution is 7.73. The Bertz CT molecular complexity index is 586. The molecule has 0 spiro atoms. The van der Waals surface area contributed by atoms with Crippen LogP contribution in [0.25, 0.3) is 11.3 Å². The molecule has 0 fully saturated rings. The molecule has 17 heavy (non-hydrogen) atoms. The highest BCUT2D eigenvalue weighted by Crippen LogP contribution is 2.27. The van der Waals surface area contributed by atoms with E-state index in [1.54, 1.807) is 23.5 Å². The molecular weight excluding hydrogens is 252 g/mol. The summed E-state index contributed by atoms with van der Waals surface area (Å²) in [5, 5.41) is 4.99. The van der Waals surface area contributed by atoms with Crippen LogP contribution in [0.3, 0.4) is 0 Å². The Morgan fingerprint density at radius 1 is 1.47 bits per heavy atom. The van der Waals surface area contributed by atoms with E-state index in [0.29, 0.717) is 5.69 Å². The molecule has 2 rings (SSSR count). The first-order valence-electron chi connectivity index (χ1n) is 5.38. The van der Waals surface area contributed by atoms with E-state index >= 15 is 0 Å². The first-order valence-corrected chi connectivity index (χ1v) is 6.67. The maximum atomic E-state index is 10.5. The summed E-state index contributed by atoms with van der Waals surface area (Å²) in [6, 6.07) is 7.29. The van der Waals surface area contributed by atoms with Crippen molar-refractivity contribution >= 4 is 29.2 Å². The summed E-state index contributed by atoms with van der Waals surface area (Å²) in [7, 11) is 0. The normalized spacial score (nSPS) is 10.4. The Labute approximate surface area is 109 Å². The van der Waals surface area contributed by atoms with E-state index in [-0.39, 0.29) is 0 Å². The zero-order chi connectivity index (χ0) is 12.3. The van der Waals surface area contributed by atoms with Crippen molar-refractivity contribution in [3.63, 3.8) is 0 Å². The van der Waals surface area contributed by atoms with Crippen LogP contribution in [0.15, 0.2) is 34.8 Å². The molecule has 0 aliphatic rings. The monoisotopic (exact) mass is 264 g/mol. The van der Waals surface area contributed by atoms with Gasteiger partial charge in [0.2, 0.25) is 0 Å². The van der Waals surface area contributed by atoms with Crippen molar-refractivity contribution in [1.29, 1.82) is 0 Å². The van der Waals surface area contributed by atoms with Crippen molar-refractivity contribution in [2.24, 2.45) is 5.18 Å². The molecule has 5 heteroatoms. The Morgan fingerprint density at radius 3 is 3.00 bits per heavy atom. The van der Waals surface area contributed by atoms with Crippen molar-refractivity contribution in [2.45, 2.75) is 19.9 Å². The lowest BCUT2D eigenvalue weighted by Crippen LogP contribution is -1.98. The molecule has 0 unspecified atom stereocenters. The molecule has 0 saturated carbocycles. The number of nitroso groups, excluding NO2 is 1. The Morgan fingerprint density at radius 2 is 2.29 bits per heavy atom. The maximum Gasteiger partial charge on any atom is 0.161 e. The summed E-state index contributed by atoms with van der Waals surface area (Å²) in [4.78, 5) is 10.5. The molecule has 0 N–H and O–H groups in total. The van der Waals surface area contributed by atoms with Gasteiger partial charge in [-0.25, -0.2) is 0 Å². The maximum absolute atomic E-state index is 10.5. The van der Waals surface area contributed by atoms with E-state index in [2.05, 4.69) is 16.7 Å². The molecule has 3 nitrogen and oxygen atoms in total. The number of aromatic nitrogens is 1. The predicted octanol–water partition coefficient (Wildman–Crippen LogP) is 4.75. The number of nitrogens with zero attached hydrogens (tertiary/aromatic N) is 2. The van der Waals surface area contributed by atoms with E-state index in [0.717, 1.165) is 28.2 Å². The van der Waals surface area contributed by atoms with Gasteiger partial charge in [0.15, 0.2) is 3.95 Å². The van der Waals surface area contributed by atoms with E-state index in [4.69, 9.17) is 12.2 Å². The second-order valence-corrected chi connectivity index (χ2v) is 5.18. The van der Waals surface area contributed by atoms with Gasteiger partial charge in [0, 0.05) is 17.5 Å². The van der Waals surface area contributed by atoms with Gasteiger partial charge in [-0.3, -0.25) is 0 Å². The first-order chi connectivity index (χ1) is 8.26. The smallest absolute Gasteiger partial charge is 0.161 e. The van der Waals surface area contributed by atoms with Crippen LogP contribution >= 0.6 is 23.6 Å². The number of hydrogen-bond acceptors (Lipinski definition) is 4. The predicted molar refractivity (Wildman–Crippen MR) is 74.3 cm³/mol. The van der Waals surface area contributed by atoms with E-state index in [1.165, 1.54) is 0 Å². The number of benzene rings is 1. The van der Waals surface area contributed by atoms with E-state index in [9.17, 15) is 4.91 Å². The summed E-state index contributed by atoms with van der Waals surface area (Å²) in [5.41, 5.74) is 2.50. The van der Waals surface area contributed by atoms with Crippen LogP contribution in [0.4, 0.5) is 5.69 Å². The van der Waals surface area contributed by atoms with Gasteiger partial charge in [-0.15, -0.1) is 16.2 Å². The molecule has 1 aromatic carbocycles. The fourth-order valence-corrected chi connectivity index (χ4v) is 2.84. The highest BCUT2D eigenvalue weighted by atomic mass is 32.1. The molecule has 0 aliphatic carbocycles. The van der Waals surface area contributed by atoms with Gasteiger partial charge in [-0.1, -0.05) is 19.1 Å². The second kappa shape index (κ2) is 5.33. The van der Waals surface area contributed by atoms with Crippen molar-refractivity contribution in [3.8, 4) is 11.3 Å². The molecule has 0 atom stereocenters. The summed E-state index contributed by atoms with van der Waals surface area (Å²) in [6.45, 7) is 3.02. The third-order valence-corrected chi connectivity index (χ3v) is 3.75. The van der Waals surface area contributed by atoms with Crippen molar-refractivity contribution < 1.29 is 0 Å².